The highest BCUT2D eigenvalue weighted by Gasteiger charge is 2.05. The van der Waals surface area contributed by atoms with Gasteiger partial charge in [-0.15, -0.1) is 0 Å². The summed E-state index contributed by atoms with van der Waals surface area (Å²) in [6.45, 7) is 5.43. The molecule has 0 aliphatic heterocycles. The number of hydrogen-bond donors (Lipinski definition) is 2. The van der Waals surface area contributed by atoms with Gasteiger partial charge in [0.05, 0.1) is 14.2 Å². The summed E-state index contributed by atoms with van der Waals surface area (Å²) in [6.07, 6.45) is 1.39. The van der Waals surface area contributed by atoms with Crippen LogP contribution in [0.4, 0.5) is 0 Å². The molecule has 0 unspecified atom stereocenters. The molecule has 0 heterocycles. The average Bonchev–Trinajstić information content (AvgIpc) is 2.45. The first-order valence-electron chi connectivity index (χ1n) is 7.27. The summed E-state index contributed by atoms with van der Waals surface area (Å²) >= 11 is 0. The molecule has 5 heteroatoms. The van der Waals surface area contributed by atoms with Crippen LogP contribution in [0.1, 0.15) is 25.8 Å². The molecule has 1 aromatic carbocycles. The fourth-order valence-corrected chi connectivity index (χ4v) is 1.99. The number of hydrogen-bond acceptors (Lipinski definition) is 4. The molecule has 0 spiro atoms. The maximum atomic E-state index is 11.5. The van der Waals surface area contributed by atoms with Crippen LogP contribution in [0.25, 0.3) is 0 Å². The van der Waals surface area contributed by atoms with Gasteiger partial charge in [-0.3, -0.25) is 4.79 Å². The minimum atomic E-state index is 0.0867. The normalized spacial score (nSPS) is 10.5. The van der Waals surface area contributed by atoms with Crippen molar-refractivity contribution in [1.82, 2.24) is 10.6 Å². The van der Waals surface area contributed by atoms with Gasteiger partial charge in [-0.25, -0.2) is 0 Å². The van der Waals surface area contributed by atoms with Crippen molar-refractivity contribution in [3.8, 4) is 11.5 Å². The first-order chi connectivity index (χ1) is 10.1. The Labute approximate surface area is 127 Å². The number of nitrogens with one attached hydrogen (secondary N) is 2. The average molecular weight is 294 g/mol. The summed E-state index contributed by atoms with van der Waals surface area (Å²) in [4.78, 5) is 11.5. The molecule has 0 aliphatic rings. The molecule has 0 fully saturated rings. The molecule has 1 aromatic rings. The van der Waals surface area contributed by atoms with Gasteiger partial charge in [0.1, 0.15) is 0 Å². The van der Waals surface area contributed by atoms with Crippen LogP contribution in [0.3, 0.4) is 0 Å². The Morgan fingerprint density at radius 1 is 1.14 bits per heavy atom. The van der Waals surface area contributed by atoms with Crippen molar-refractivity contribution in [2.75, 3.05) is 27.3 Å². The summed E-state index contributed by atoms with van der Waals surface area (Å²) < 4.78 is 10.5. The van der Waals surface area contributed by atoms with E-state index in [-0.39, 0.29) is 11.9 Å². The molecule has 0 atom stereocenters. The SMILES string of the molecule is COc1ccc(CCNCCC(=O)NC(C)C)cc1OC. The molecule has 0 saturated heterocycles. The second-order valence-electron chi connectivity index (χ2n) is 5.16. The maximum Gasteiger partial charge on any atom is 0.221 e. The van der Waals surface area contributed by atoms with Crippen molar-refractivity contribution in [3.63, 3.8) is 0 Å². The fourth-order valence-electron chi connectivity index (χ4n) is 1.99. The third-order valence-corrected chi connectivity index (χ3v) is 3.02. The van der Waals surface area contributed by atoms with E-state index in [4.69, 9.17) is 9.47 Å². The molecule has 0 saturated carbocycles. The first-order valence-corrected chi connectivity index (χ1v) is 7.27. The number of amides is 1. The quantitative estimate of drug-likeness (QED) is 0.681. The molecule has 0 aromatic heterocycles. The monoisotopic (exact) mass is 294 g/mol. The summed E-state index contributed by atoms with van der Waals surface area (Å²) in [5.41, 5.74) is 1.17. The topological polar surface area (TPSA) is 59.6 Å². The minimum Gasteiger partial charge on any atom is -0.493 e. The second-order valence-corrected chi connectivity index (χ2v) is 5.16. The zero-order chi connectivity index (χ0) is 15.7. The molecule has 5 nitrogen and oxygen atoms in total. The van der Waals surface area contributed by atoms with Crippen molar-refractivity contribution in [2.24, 2.45) is 0 Å². The van der Waals surface area contributed by atoms with E-state index < -0.39 is 0 Å². The zero-order valence-corrected chi connectivity index (χ0v) is 13.4. The molecule has 118 valence electrons. The molecule has 1 amide bonds. The fraction of sp³-hybridized carbons (Fsp3) is 0.562. The van der Waals surface area contributed by atoms with E-state index in [0.29, 0.717) is 13.0 Å². The summed E-state index contributed by atoms with van der Waals surface area (Å²) in [7, 11) is 3.26. The summed E-state index contributed by atoms with van der Waals surface area (Å²) in [6, 6.07) is 6.11. The Kier molecular flexibility index (Phi) is 7.61. The number of carbonyl (C=O) groups is 1. The van der Waals surface area contributed by atoms with Crippen LogP contribution in [0.15, 0.2) is 18.2 Å². The molecule has 0 bridgehead atoms. The zero-order valence-electron chi connectivity index (χ0n) is 13.4. The summed E-state index contributed by atoms with van der Waals surface area (Å²) in [5.74, 6) is 1.56. The van der Waals surface area contributed by atoms with E-state index in [1.807, 2.05) is 32.0 Å². The van der Waals surface area contributed by atoms with Crippen LogP contribution in [-0.4, -0.2) is 39.3 Å². The summed E-state index contributed by atoms with van der Waals surface area (Å²) in [5, 5.41) is 6.14. The molecular weight excluding hydrogens is 268 g/mol. The van der Waals surface area contributed by atoms with Gasteiger partial charge < -0.3 is 20.1 Å². The van der Waals surface area contributed by atoms with Gasteiger partial charge in [0.15, 0.2) is 11.5 Å². The van der Waals surface area contributed by atoms with Crippen LogP contribution in [0.2, 0.25) is 0 Å². The van der Waals surface area contributed by atoms with E-state index >= 15 is 0 Å². The number of methoxy groups -OCH3 is 2. The lowest BCUT2D eigenvalue weighted by atomic mass is 10.1. The highest BCUT2D eigenvalue weighted by Crippen LogP contribution is 2.27. The van der Waals surface area contributed by atoms with Crippen LogP contribution < -0.4 is 20.1 Å². The van der Waals surface area contributed by atoms with Gasteiger partial charge in [-0.1, -0.05) is 6.07 Å². The van der Waals surface area contributed by atoms with E-state index in [9.17, 15) is 4.79 Å². The van der Waals surface area contributed by atoms with E-state index in [2.05, 4.69) is 10.6 Å². The minimum absolute atomic E-state index is 0.0867. The Morgan fingerprint density at radius 3 is 2.48 bits per heavy atom. The predicted molar refractivity (Wildman–Crippen MR) is 84.0 cm³/mol. The van der Waals surface area contributed by atoms with Gasteiger partial charge >= 0.3 is 0 Å². The molecule has 21 heavy (non-hydrogen) atoms. The first kappa shape index (κ1) is 17.3. The van der Waals surface area contributed by atoms with Crippen molar-refractivity contribution < 1.29 is 14.3 Å². The van der Waals surface area contributed by atoms with E-state index in [1.165, 1.54) is 5.56 Å². The van der Waals surface area contributed by atoms with E-state index in [0.717, 1.165) is 24.5 Å². The van der Waals surface area contributed by atoms with Crippen LogP contribution in [0, 0.1) is 0 Å². The Hall–Kier alpha value is -1.75. The molecule has 0 aliphatic carbocycles. The lowest BCUT2D eigenvalue weighted by Gasteiger charge is -2.10. The van der Waals surface area contributed by atoms with Crippen molar-refractivity contribution in [1.29, 1.82) is 0 Å². The largest absolute Gasteiger partial charge is 0.493 e. The molecule has 1 rings (SSSR count). The molecule has 0 radical (unpaired) electrons. The van der Waals surface area contributed by atoms with Crippen molar-refractivity contribution in [2.45, 2.75) is 32.7 Å². The van der Waals surface area contributed by atoms with Crippen molar-refractivity contribution >= 4 is 5.91 Å². The van der Waals surface area contributed by atoms with Gasteiger partial charge in [-0.05, 0) is 44.5 Å². The van der Waals surface area contributed by atoms with Crippen LogP contribution in [-0.2, 0) is 11.2 Å². The second kappa shape index (κ2) is 9.23. The highest BCUT2D eigenvalue weighted by atomic mass is 16.5. The van der Waals surface area contributed by atoms with Gasteiger partial charge in [0.25, 0.3) is 0 Å². The van der Waals surface area contributed by atoms with Gasteiger partial charge in [0, 0.05) is 19.0 Å². The van der Waals surface area contributed by atoms with Crippen molar-refractivity contribution in [3.05, 3.63) is 23.8 Å². The number of carbonyl (C=O) groups excluding carboxylic acids is 1. The predicted octanol–water partition coefficient (Wildman–Crippen LogP) is 1.75. The lowest BCUT2D eigenvalue weighted by molar-refractivity contribution is -0.121. The maximum absolute atomic E-state index is 11.5. The van der Waals surface area contributed by atoms with Crippen LogP contribution >= 0.6 is 0 Å². The number of ether oxygens (including phenoxy) is 2. The van der Waals surface area contributed by atoms with Gasteiger partial charge in [0.2, 0.25) is 5.91 Å². The molecule has 2 N–H and O–H groups in total. The number of rotatable bonds is 9. The Balaban J connectivity index is 2.28. The third kappa shape index (κ3) is 6.49. The van der Waals surface area contributed by atoms with E-state index in [1.54, 1.807) is 14.2 Å². The van der Waals surface area contributed by atoms with Gasteiger partial charge in [-0.2, -0.15) is 0 Å². The lowest BCUT2D eigenvalue weighted by Crippen LogP contribution is -2.32. The Bertz CT molecular complexity index is 447. The highest BCUT2D eigenvalue weighted by molar-refractivity contribution is 5.76. The van der Waals surface area contributed by atoms with Crippen LogP contribution in [0.5, 0.6) is 11.5 Å². The smallest absolute Gasteiger partial charge is 0.221 e. The Morgan fingerprint density at radius 2 is 1.86 bits per heavy atom. The molecular formula is C16H26N2O3. The standard InChI is InChI=1S/C16H26N2O3/c1-12(2)18-16(19)8-10-17-9-7-13-5-6-14(20-3)15(11-13)21-4/h5-6,11-12,17H,7-10H2,1-4H3,(H,18,19). The third-order valence-electron chi connectivity index (χ3n) is 3.02. The number of benzene rings is 1.